The second-order valence-corrected chi connectivity index (χ2v) is 5.01. The molecule has 0 saturated heterocycles. The van der Waals surface area contributed by atoms with Crippen molar-refractivity contribution >= 4 is 22.0 Å². The number of nitrogens with zero attached hydrogens (tertiary/aromatic N) is 1. The lowest BCUT2D eigenvalue weighted by Gasteiger charge is -2.09. The summed E-state index contributed by atoms with van der Waals surface area (Å²) in [6.45, 7) is 0. The average Bonchev–Trinajstić information content (AvgIpc) is 2.40. The van der Waals surface area contributed by atoms with E-state index in [9.17, 15) is 13.2 Å². The van der Waals surface area contributed by atoms with Gasteiger partial charge >= 0.3 is 6.18 Å². The summed E-state index contributed by atoms with van der Waals surface area (Å²) in [6.07, 6.45) is 0.221. The second kappa shape index (κ2) is 6.22. The number of hydrogen-bond donors (Lipinski definition) is 0. The Balaban J connectivity index is 2.13. The monoisotopic (exact) mass is 340 g/mol. The summed E-state index contributed by atoms with van der Waals surface area (Å²) < 4.78 is 39.2. The summed E-state index contributed by atoms with van der Waals surface area (Å²) in [5.41, 5.74) is 0.194. The maximum Gasteiger partial charge on any atom is 0.433 e. The molecule has 2 rings (SSSR count). The number of benzene rings is 1. The molecule has 0 aliphatic rings. The third kappa shape index (κ3) is 3.93. The van der Waals surface area contributed by atoms with Gasteiger partial charge < -0.3 is 0 Å². The van der Waals surface area contributed by atoms with Crippen LogP contribution in [0.4, 0.5) is 13.2 Å². The highest BCUT2D eigenvalue weighted by atomic mass is 79.9. The molecule has 0 aliphatic heterocycles. The fourth-order valence-electron chi connectivity index (χ4n) is 1.70. The number of hydrogen-bond acceptors (Lipinski definition) is 1. The van der Waals surface area contributed by atoms with Crippen molar-refractivity contribution < 1.29 is 13.2 Å². The van der Waals surface area contributed by atoms with Gasteiger partial charge in [-0.15, -0.1) is 0 Å². The van der Waals surface area contributed by atoms with Gasteiger partial charge in [0.2, 0.25) is 0 Å². The maximum absolute atomic E-state index is 12.7. The van der Waals surface area contributed by atoms with E-state index in [1.807, 2.05) is 24.3 Å². The molecule has 0 saturated carbocycles. The predicted octanol–water partition coefficient (Wildman–Crippen LogP) is 4.92. The van der Waals surface area contributed by atoms with Crippen molar-refractivity contribution in [3.05, 3.63) is 70.0 Å². The quantitative estimate of drug-likeness (QED) is 0.772. The lowest BCUT2D eigenvalue weighted by Crippen LogP contribution is -2.11. The van der Waals surface area contributed by atoms with Crippen molar-refractivity contribution in [3.8, 4) is 0 Å². The largest absolute Gasteiger partial charge is 0.433 e. The topological polar surface area (TPSA) is 12.9 Å². The minimum Gasteiger partial charge on any atom is -0.251 e. The fraction of sp³-hybridized carbons (Fsp3) is 0.133. The molecule has 0 spiro atoms. The molecule has 5 heteroatoms. The van der Waals surface area contributed by atoms with Gasteiger partial charge in [-0.1, -0.05) is 40.2 Å². The van der Waals surface area contributed by atoms with Crippen LogP contribution < -0.4 is 0 Å². The minimum absolute atomic E-state index is 0.119. The van der Waals surface area contributed by atoms with Gasteiger partial charge in [0.25, 0.3) is 0 Å². The second-order valence-electron chi connectivity index (χ2n) is 4.10. The van der Waals surface area contributed by atoms with Gasteiger partial charge in [-0.05, 0) is 35.7 Å². The van der Waals surface area contributed by atoms with E-state index >= 15 is 0 Å². The molecule has 1 nitrogen and oxygen atoms in total. The molecule has 20 heavy (non-hydrogen) atoms. The fourth-order valence-corrected chi connectivity index (χ4v) is 1.96. The summed E-state index contributed by atoms with van der Waals surface area (Å²) in [5.74, 6) is 0. The molecular formula is C15H10BrF3N. The molecule has 0 unspecified atom stereocenters. The van der Waals surface area contributed by atoms with Gasteiger partial charge in [0.1, 0.15) is 5.69 Å². The zero-order valence-electron chi connectivity index (χ0n) is 10.3. The molecule has 2 aromatic rings. The molecule has 1 aromatic carbocycles. The Hall–Kier alpha value is -1.62. The highest BCUT2D eigenvalue weighted by Crippen LogP contribution is 2.30. The van der Waals surface area contributed by atoms with E-state index in [0.29, 0.717) is 0 Å². The Labute approximate surface area is 123 Å². The molecule has 1 heterocycles. The van der Waals surface area contributed by atoms with Crippen molar-refractivity contribution in [1.29, 1.82) is 0 Å². The summed E-state index contributed by atoms with van der Waals surface area (Å²) in [4.78, 5) is 3.37. The number of allylic oxidation sites excluding steroid dienone is 1. The van der Waals surface area contributed by atoms with E-state index in [0.717, 1.165) is 16.2 Å². The SMILES string of the molecule is FC(F)(F)c1nc[c]cc1CC=Cc1ccc(Br)cc1. The first-order valence-corrected chi connectivity index (χ1v) is 6.60. The summed E-state index contributed by atoms with van der Waals surface area (Å²) in [7, 11) is 0. The molecule has 0 fully saturated rings. The van der Waals surface area contributed by atoms with Crippen LogP contribution in [0.25, 0.3) is 6.08 Å². The van der Waals surface area contributed by atoms with Crippen LogP contribution in [0.3, 0.4) is 0 Å². The Kier molecular flexibility index (Phi) is 4.60. The van der Waals surface area contributed by atoms with Gasteiger partial charge in [-0.2, -0.15) is 13.2 Å². The zero-order valence-corrected chi connectivity index (χ0v) is 11.9. The number of alkyl halides is 3. The van der Waals surface area contributed by atoms with Crippen LogP contribution in [0.5, 0.6) is 0 Å². The van der Waals surface area contributed by atoms with Crippen LogP contribution in [0.1, 0.15) is 16.8 Å². The van der Waals surface area contributed by atoms with E-state index in [2.05, 4.69) is 27.0 Å². The molecular weight excluding hydrogens is 331 g/mol. The van der Waals surface area contributed by atoms with Crippen LogP contribution >= 0.6 is 15.9 Å². The Bertz CT molecular complexity index is 603. The number of pyridine rings is 1. The standard InChI is InChI=1S/C15H10BrF3N/c16-13-8-6-11(7-9-13)3-1-4-12-5-2-10-20-14(12)15(17,18)19/h1,3,5-10H,4H2. The van der Waals surface area contributed by atoms with Gasteiger partial charge in [-0.25, -0.2) is 0 Å². The summed E-state index contributed by atoms with van der Waals surface area (Å²) >= 11 is 3.32. The number of rotatable bonds is 3. The highest BCUT2D eigenvalue weighted by molar-refractivity contribution is 9.10. The third-order valence-corrected chi connectivity index (χ3v) is 3.15. The van der Waals surface area contributed by atoms with Crippen LogP contribution in [-0.2, 0) is 12.6 Å². The van der Waals surface area contributed by atoms with Gasteiger partial charge in [-0.3, -0.25) is 4.98 Å². The van der Waals surface area contributed by atoms with Crippen molar-refractivity contribution in [2.24, 2.45) is 0 Å². The van der Waals surface area contributed by atoms with Crippen molar-refractivity contribution in [2.75, 3.05) is 0 Å². The summed E-state index contributed by atoms with van der Waals surface area (Å²) in [5, 5.41) is 0. The molecule has 1 aromatic heterocycles. The molecule has 0 N–H and O–H groups in total. The Morgan fingerprint density at radius 2 is 1.90 bits per heavy atom. The summed E-state index contributed by atoms with van der Waals surface area (Å²) in [6, 6.07) is 11.4. The van der Waals surface area contributed by atoms with Crippen molar-refractivity contribution in [2.45, 2.75) is 12.6 Å². The van der Waals surface area contributed by atoms with E-state index < -0.39 is 11.9 Å². The van der Waals surface area contributed by atoms with Crippen molar-refractivity contribution in [1.82, 2.24) is 4.98 Å². The number of halogens is 4. The molecule has 1 radical (unpaired) electrons. The molecule has 0 amide bonds. The average molecular weight is 341 g/mol. The third-order valence-electron chi connectivity index (χ3n) is 2.62. The van der Waals surface area contributed by atoms with Crippen LogP contribution in [-0.4, -0.2) is 4.98 Å². The smallest absolute Gasteiger partial charge is 0.251 e. The lowest BCUT2D eigenvalue weighted by atomic mass is 10.1. The number of aromatic nitrogens is 1. The highest BCUT2D eigenvalue weighted by Gasteiger charge is 2.34. The molecule has 0 bridgehead atoms. The van der Waals surface area contributed by atoms with E-state index in [4.69, 9.17) is 0 Å². The lowest BCUT2D eigenvalue weighted by molar-refractivity contribution is -0.141. The minimum atomic E-state index is -4.43. The maximum atomic E-state index is 12.7. The van der Waals surface area contributed by atoms with Crippen LogP contribution in [0, 0.1) is 6.07 Å². The van der Waals surface area contributed by atoms with Crippen LogP contribution in [0.15, 0.2) is 47.1 Å². The Morgan fingerprint density at radius 3 is 2.55 bits per heavy atom. The molecule has 0 atom stereocenters. The van der Waals surface area contributed by atoms with Crippen molar-refractivity contribution in [3.63, 3.8) is 0 Å². The van der Waals surface area contributed by atoms with Crippen LogP contribution in [0.2, 0.25) is 0 Å². The first kappa shape index (κ1) is 14.8. The predicted molar refractivity (Wildman–Crippen MR) is 75.0 cm³/mol. The Morgan fingerprint density at radius 1 is 1.20 bits per heavy atom. The van der Waals surface area contributed by atoms with E-state index in [1.54, 1.807) is 12.2 Å². The molecule has 0 aliphatic carbocycles. The molecule has 103 valence electrons. The normalized spacial score (nSPS) is 12.0. The van der Waals surface area contributed by atoms with E-state index in [1.165, 1.54) is 6.07 Å². The zero-order chi connectivity index (χ0) is 14.6. The van der Waals surface area contributed by atoms with Gasteiger partial charge in [0.15, 0.2) is 0 Å². The van der Waals surface area contributed by atoms with E-state index in [-0.39, 0.29) is 12.0 Å². The van der Waals surface area contributed by atoms with Gasteiger partial charge in [0, 0.05) is 16.7 Å². The van der Waals surface area contributed by atoms with Gasteiger partial charge in [0.05, 0.1) is 0 Å². The first-order chi connectivity index (χ1) is 9.47. The first-order valence-electron chi connectivity index (χ1n) is 5.81.